The van der Waals surface area contributed by atoms with Gasteiger partial charge in [-0.25, -0.2) is 14.8 Å². The number of halogens is 4. The molecule has 3 saturated heterocycles. The van der Waals surface area contributed by atoms with Crippen LogP contribution < -0.4 is 25.6 Å². The van der Waals surface area contributed by atoms with E-state index in [9.17, 15) is 32.3 Å². The van der Waals surface area contributed by atoms with Crippen molar-refractivity contribution in [3.8, 4) is 5.75 Å². The van der Waals surface area contributed by atoms with E-state index < -0.39 is 23.8 Å². The van der Waals surface area contributed by atoms with Gasteiger partial charge in [0.25, 0.3) is 5.91 Å². The third-order valence-corrected chi connectivity index (χ3v) is 16.5. The molecule has 4 heterocycles. The molecule has 5 amide bonds. The Morgan fingerprint density at radius 1 is 0.889 bits per heavy atom. The van der Waals surface area contributed by atoms with E-state index in [0.29, 0.717) is 70.2 Å². The van der Waals surface area contributed by atoms with Crippen LogP contribution in [-0.2, 0) is 15.8 Å². The minimum Gasteiger partial charge on any atom is -0.496 e. The number of fused-ring (bicyclic) bond motifs is 1. The fourth-order valence-electron chi connectivity index (χ4n) is 12.0. The molecule has 1 aromatic heterocycles. The number of anilines is 3. The highest BCUT2D eigenvalue weighted by molar-refractivity contribution is 6.34. The zero-order chi connectivity index (χ0) is 50.9. The second-order valence-corrected chi connectivity index (χ2v) is 21.2. The van der Waals surface area contributed by atoms with Crippen LogP contribution in [0.5, 0.6) is 5.75 Å². The predicted octanol–water partition coefficient (Wildman–Crippen LogP) is 10.2. The molecule has 2 aliphatic carbocycles. The Hall–Kier alpha value is -5.68. The molecule has 0 unspecified atom stereocenters. The number of hydrogen-bond acceptors (Lipinski definition) is 10. The van der Waals surface area contributed by atoms with E-state index in [-0.39, 0.29) is 47.9 Å². The van der Waals surface area contributed by atoms with Crippen LogP contribution in [0.25, 0.3) is 10.9 Å². The lowest BCUT2D eigenvalue weighted by molar-refractivity contribution is -0.139. The van der Waals surface area contributed by atoms with Gasteiger partial charge in [0, 0.05) is 93.9 Å². The number of amides is 5. The van der Waals surface area contributed by atoms with Gasteiger partial charge in [-0.2, -0.15) is 13.2 Å². The first-order valence-corrected chi connectivity index (χ1v) is 26.2. The normalized spacial score (nSPS) is 21.7. The number of benzene rings is 3. The Kier molecular flexibility index (Phi) is 15.2. The second kappa shape index (κ2) is 21.4. The largest absolute Gasteiger partial charge is 0.496 e. The number of likely N-dealkylation sites (tertiary alicyclic amines) is 1. The minimum absolute atomic E-state index is 0.0291. The summed E-state index contributed by atoms with van der Waals surface area (Å²) in [5.41, 5.74) is 3.03. The van der Waals surface area contributed by atoms with Crippen molar-refractivity contribution < 1.29 is 37.1 Å². The van der Waals surface area contributed by atoms with E-state index in [1.54, 1.807) is 38.3 Å². The Morgan fingerprint density at radius 2 is 1.61 bits per heavy atom. The molecular formula is C54H67ClF3N9O5. The number of carbonyl (C=O) groups excluding carboxylic acids is 4. The van der Waals surface area contributed by atoms with E-state index in [4.69, 9.17) is 26.3 Å². The first kappa shape index (κ1) is 51.2. The van der Waals surface area contributed by atoms with Crippen molar-refractivity contribution in [1.82, 2.24) is 30.0 Å². The number of urea groups is 1. The molecule has 72 heavy (non-hydrogen) atoms. The SMILES string of the molecule is CCNc1cc([C@@H](C)Nc2nc(C)nc3cc(OC)c([C@H]4CC[C@H](C(=O)N5CCN(CC6CCC7(CC6)CCN(C(=O)c6ccc(Cl)c(N8CCC(=O)NC8=O)c6)CC7)CC5)CC4)cc23)cc(C(F)(F)F)c1. The lowest BCUT2D eigenvalue weighted by Crippen LogP contribution is -2.52. The fourth-order valence-corrected chi connectivity index (χ4v) is 12.2. The maximum absolute atomic E-state index is 14.0. The van der Waals surface area contributed by atoms with Crippen LogP contribution in [-0.4, -0.2) is 114 Å². The molecule has 3 aliphatic heterocycles. The van der Waals surface area contributed by atoms with Crippen molar-refractivity contribution in [3.05, 3.63) is 81.6 Å². The lowest BCUT2D eigenvalue weighted by atomic mass is 9.65. The number of methoxy groups -OCH3 is 1. The van der Waals surface area contributed by atoms with Crippen LogP contribution in [0.2, 0.25) is 5.02 Å². The molecule has 1 spiro atoms. The fraction of sp³-hybridized carbons (Fsp3) is 0.556. The summed E-state index contributed by atoms with van der Waals surface area (Å²) < 4.78 is 47.6. The second-order valence-electron chi connectivity index (χ2n) is 20.8. The molecule has 2 saturated carbocycles. The van der Waals surface area contributed by atoms with Gasteiger partial charge in [-0.05, 0) is 156 Å². The van der Waals surface area contributed by atoms with Crippen LogP contribution in [0.15, 0.2) is 48.5 Å². The highest BCUT2D eigenvalue weighted by Crippen LogP contribution is 2.47. The topological polar surface area (TPSA) is 152 Å². The average molecular weight is 1010 g/mol. The Balaban J connectivity index is 0.740. The van der Waals surface area contributed by atoms with Gasteiger partial charge in [-0.3, -0.25) is 29.5 Å². The highest BCUT2D eigenvalue weighted by atomic mass is 35.5. The number of piperidine rings is 1. The number of hydrogen-bond donors (Lipinski definition) is 3. The zero-order valence-corrected chi connectivity index (χ0v) is 42.6. The summed E-state index contributed by atoms with van der Waals surface area (Å²) in [5, 5.41) is 9.87. The van der Waals surface area contributed by atoms with Crippen molar-refractivity contribution in [2.75, 3.05) is 81.5 Å². The van der Waals surface area contributed by atoms with E-state index in [1.165, 1.54) is 23.8 Å². The third kappa shape index (κ3) is 11.3. The van der Waals surface area contributed by atoms with Crippen molar-refractivity contribution in [2.45, 2.75) is 110 Å². The zero-order valence-electron chi connectivity index (χ0n) is 41.8. The molecule has 14 nitrogen and oxygen atoms in total. The maximum Gasteiger partial charge on any atom is 0.416 e. The highest BCUT2D eigenvalue weighted by Gasteiger charge is 2.41. The molecule has 3 aromatic carbocycles. The van der Waals surface area contributed by atoms with E-state index in [0.717, 1.165) is 107 Å². The van der Waals surface area contributed by atoms with Crippen molar-refractivity contribution in [2.24, 2.45) is 17.3 Å². The molecule has 5 fully saturated rings. The van der Waals surface area contributed by atoms with Gasteiger partial charge >= 0.3 is 12.2 Å². The Bertz CT molecular complexity index is 2670. The molecule has 18 heteroatoms. The minimum atomic E-state index is -4.49. The van der Waals surface area contributed by atoms with Crippen molar-refractivity contribution in [1.29, 1.82) is 0 Å². The number of nitrogens with zero attached hydrogens (tertiary/aromatic N) is 6. The third-order valence-electron chi connectivity index (χ3n) is 16.2. The van der Waals surface area contributed by atoms with Crippen molar-refractivity contribution >= 4 is 63.4 Å². The summed E-state index contributed by atoms with van der Waals surface area (Å²) in [6, 6.07) is 12.0. The molecule has 9 rings (SSSR count). The first-order valence-electron chi connectivity index (χ1n) is 25.8. The van der Waals surface area contributed by atoms with E-state index in [1.807, 2.05) is 24.8 Å². The summed E-state index contributed by atoms with van der Waals surface area (Å²) in [7, 11) is 1.65. The van der Waals surface area contributed by atoms with Gasteiger partial charge in [0.15, 0.2) is 0 Å². The molecule has 3 N–H and O–H groups in total. The summed E-state index contributed by atoms with van der Waals surface area (Å²) >= 11 is 6.45. The number of imide groups is 1. The molecule has 5 aliphatic rings. The summed E-state index contributed by atoms with van der Waals surface area (Å²) in [6.07, 6.45) is 5.49. The van der Waals surface area contributed by atoms with E-state index >= 15 is 0 Å². The Labute approximate surface area is 424 Å². The average Bonchev–Trinajstić information content (AvgIpc) is 3.37. The quantitative estimate of drug-likeness (QED) is 0.125. The molecule has 0 radical (unpaired) electrons. The van der Waals surface area contributed by atoms with Crippen LogP contribution in [0.4, 0.5) is 35.2 Å². The number of ether oxygens (including phenoxy) is 1. The number of aromatic nitrogens is 2. The number of nitrogens with one attached hydrogen (secondary N) is 3. The van der Waals surface area contributed by atoms with Crippen LogP contribution >= 0.6 is 11.6 Å². The monoisotopic (exact) mass is 1010 g/mol. The summed E-state index contributed by atoms with van der Waals surface area (Å²) in [6.45, 7) is 11.8. The van der Waals surface area contributed by atoms with Gasteiger partial charge in [0.1, 0.15) is 17.4 Å². The van der Waals surface area contributed by atoms with Gasteiger partial charge in [0.05, 0.1) is 34.9 Å². The number of rotatable bonds is 12. The molecular weight excluding hydrogens is 947 g/mol. The standard InChI is InChI=1S/C54H67ClF3N9O5/c1-5-59-41-27-39(26-40(29-41)54(56,57)58)33(2)60-49-43-30-42(47(72-4)31-45(43)61-34(3)62-49)36-6-8-37(9-7-36)50(69)66-24-22-64(23-25-66)32-35-12-15-53(16-13-35)17-20-65(21-18-53)51(70)38-10-11-44(55)46(28-38)67-19-14-48(68)63-52(67)71/h10-11,26-31,33,35-37,59H,5-9,12-25,32H2,1-4H3,(H,60,61,62)(H,63,68,71)/t33-,36-,37-/m1/s1. The number of alkyl halides is 3. The Morgan fingerprint density at radius 3 is 2.28 bits per heavy atom. The van der Waals surface area contributed by atoms with Crippen LogP contribution in [0, 0.1) is 24.2 Å². The molecule has 1 atom stereocenters. The summed E-state index contributed by atoms with van der Waals surface area (Å²) in [4.78, 5) is 69.2. The van der Waals surface area contributed by atoms with E-state index in [2.05, 4.69) is 31.8 Å². The van der Waals surface area contributed by atoms with Gasteiger partial charge in [0.2, 0.25) is 11.8 Å². The summed E-state index contributed by atoms with van der Waals surface area (Å²) in [5.74, 6) is 2.39. The number of aryl methyl sites for hydroxylation is 1. The maximum atomic E-state index is 14.0. The smallest absolute Gasteiger partial charge is 0.416 e. The van der Waals surface area contributed by atoms with Gasteiger partial charge in [-0.1, -0.05) is 11.6 Å². The predicted molar refractivity (Wildman–Crippen MR) is 273 cm³/mol. The van der Waals surface area contributed by atoms with Gasteiger partial charge < -0.3 is 25.2 Å². The lowest BCUT2D eigenvalue weighted by Gasteiger charge is -2.47. The van der Waals surface area contributed by atoms with Crippen molar-refractivity contribution in [3.63, 3.8) is 0 Å². The molecule has 386 valence electrons. The molecule has 4 aromatic rings. The van der Waals surface area contributed by atoms with Crippen LogP contribution in [0.1, 0.15) is 129 Å². The first-order chi connectivity index (χ1) is 34.5. The molecule has 0 bridgehead atoms. The van der Waals surface area contributed by atoms with Gasteiger partial charge in [-0.15, -0.1) is 0 Å². The number of carbonyl (C=O) groups is 4. The number of piperazine rings is 1. The van der Waals surface area contributed by atoms with Crippen LogP contribution in [0.3, 0.4) is 0 Å².